The summed E-state index contributed by atoms with van der Waals surface area (Å²) in [6.45, 7) is 0. The monoisotopic (exact) mass is 271 g/mol. The second kappa shape index (κ2) is 4.60. The lowest BCUT2D eigenvalue weighted by molar-refractivity contribution is 0.0974. The zero-order chi connectivity index (χ0) is 14.2. The third-order valence-electron chi connectivity index (χ3n) is 3.81. The van der Waals surface area contributed by atoms with Crippen LogP contribution in [0.3, 0.4) is 0 Å². The fraction of sp³-hybridized carbons (Fsp3) is 0. The molecular formula is C19H13NO. The van der Waals surface area contributed by atoms with E-state index in [1.807, 2.05) is 48.7 Å². The molecule has 100 valence electrons. The lowest BCUT2D eigenvalue weighted by Crippen LogP contribution is -2.01. The van der Waals surface area contributed by atoms with E-state index >= 15 is 0 Å². The highest BCUT2D eigenvalue weighted by Crippen LogP contribution is 2.38. The molecule has 0 N–H and O–H groups in total. The van der Waals surface area contributed by atoms with Crippen LogP contribution < -0.4 is 0 Å². The normalized spacial score (nSPS) is 12.7. The Kier molecular flexibility index (Phi) is 2.61. The maximum Gasteiger partial charge on any atom is 0.255 e. The van der Waals surface area contributed by atoms with E-state index in [4.69, 9.17) is 0 Å². The lowest BCUT2D eigenvalue weighted by atomic mass is 9.97. The van der Waals surface area contributed by atoms with E-state index in [1.165, 1.54) is 0 Å². The fourth-order valence-electron chi connectivity index (χ4n) is 2.84. The second-order valence-corrected chi connectivity index (χ2v) is 5.08. The summed E-state index contributed by atoms with van der Waals surface area (Å²) in [6.07, 6.45) is 5.46. The highest BCUT2D eigenvalue weighted by atomic mass is 16.2. The van der Waals surface area contributed by atoms with Gasteiger partial charge in [-0.25, -0.2) is 0 Å². The van der Waals surface area contributed by atoms with Crippen LogP contribution in [0, 0.1) is 0 Å². The number of fused-ring (bicyclic) bond motifs is 1. The zero-order valence-electron chi connectivity index (χ0n) is 11.4. The second-order valence-electron chi connectivity index (χ2n) is 5.08. The highest BCUT2D eigenvalue weighted by Gasteiger charge is 2.22. The van der Waals surface area contributed by atoms with Gasteiger partial charge in [0.05, 0.1) is 5.69 Å². The Morgan fingerprint density at radius 2 is 1.33 bits per heavy atom. The molecule has 2 heterocycles. The third kappa shape index (κ3) is 1.84. The number of carbonyl (C=O) groups excluding carboxylic acids is 1. The van der Waals surface area contributed by atoms with Crippen LogP contribution >= 0.6 is 0 Å². The number of nitrogens with zero attached hydrogens (tertiary/aromatic N) is 1. The third-order valence-corrected chi connectivity index (χ3v) is 3.81. The van der Waals surface area contributed by atoms with Gasteiger partial charge in [-0.2, -0.15) is 0 Å². The Morgan fingerprint density at radius 3 is 2.00 bits per heavy atom. The van der Waals surface area contributed by atoms with Crippen LogP contribution in [-0.2, 0) is 0 Å². The van der Waals surface area contributed by atoms with Crippen LogP contribution in [0.2, 0.25) is 0 Å². The van der Waals surface area contributed by atoms with Crippen LogP contribution in [-0.4, -0.2) is 10.5 Å². The molecule has 0 aliphatic carbocycles. The molecule has 0 saturated heterocycles. The molecule has 1 aliphatic rings. The SMILES string of the molecule is O=C1C=Cc2c(-c3ccccc3)c(-c3ccccc3)cn21. The van der Waals surface area contributed by atoms with Crippen molar-refractivity contribution in [3.63, 3.8) is 0 Å². The van der Waals surface area contributed by atoms with Crippen LogP contribution in [0.25, 0.3) is 28.3 Å². The first-order valence-electron chi connectivity index (χ1n) is 6.93. The minimum Gasteiger partial charge on any atom is -0.283 e. The molecule has 0 saturated carbocycles. The van der Waals surface area contributed by atoms with Crippen molar-refractivity contribution in [2.24, 2.45) is 0 Å². The van der Waals surface area contributed by atoms with Gasteiger partial charge in [-0.05, 0) is 17.2 Å². The molecule has 0 spiro atoms. The first-order valence-corrected chi connectivity index (χ1v) is 6.93. The highest BCUT2D eigenvalue weighted by molar-refractivity contribution is 6.05. The van der Waals surface area contributed by atoms with Gasteiger partial charge in [-0.3, -0.25) is 9.36 Å². The summed E-state index contributed by atoms with van der Waals surface area (Å²) in [5.74, 6) is 0.0179. The van der Waals surface area contributed by atoms with Gasteiger partial charge in [0, 0.05) is 23.4 Å². The molecule has 21 heavy (non-hydrogen) atoms. The van der Waals surface area contributed by atoms with Gasteiger partial charge in [0.2, 0.25) is 0 Å². The predicted molar refractivity (Wildman–Crippen MR) is 85.0 cm³/mol. The van der Waals surface area contributed by atoms with Crippen molar-refractivity contribution in [3.8, 4) is 22.3 Å². The molecule has 2 aromatic carbocycles. The molecule has 0 unspecified atom stereocenters. The summed E-state index contributed by atoms with van der Waals surface area (Å²) in [5, 5.41) is 0. The van der Waals surface area contributed by atoms with Gasteiger partial charge in [0.15, 0.2) is 0 Å². The fourth-order valence-corrected chi connectivity index (χ4v) is 2.84. The average molecular weight is 271 g/mol. The molecule has 0 fully saturated rings. The first-order chi connectivity index (χ1) is 10.3. The molecular weight excluding hydrogens is 258 g/mol. The Balaban J connectivity index is 2.02. The molecule has 3 aromatic rings. The van der Waals surface area contributed by atoms with Crippen molar-refractivity contribution in [2.75, 3.05) is 0 Å². The summed E-state index contributed by atoms with van der Waals surface area (Å²) in [4.78, 5) is 12.0. The number of rotatable bonds is 2. The van der Waals surface area contributed by atoms with Gasteiger partial charge < -0.3 is 0 Å². The number of aromatic nitrogens is 1. The molecule has 1 aliphatic heterocycles. The minimum absolute atomic E-state index is 0.0179. The summed E-state index contributed by atoms with van der Waals surface area (Å²) in [5.41, 5.74) is 5.42. The summed E-state index contributed by atoms with van der Waals surface area (Å²) in [6, 6.07) is 20.4. The summed E-state index contributed by atoms with van der Waals surface area (Å²) >= 11 is 0. The first kappa shape index (κ1) is 11.9. The van der Waals surface area contributed by atoms with Crippen LogP contribution in [0.15, 0.2) is 72.9 Å². The zero-order valence-corrected chi connectivity index (χ0v) is 11.4. The Morgan fingerprint density at radius 1 is 0.714 bits per heavy atom. The van der Waals surface area contributed by atoms with E-state index in [0.717, 1.165) is 27.9 Å². The number of carbonyl (C=O) groups is 1. The molecule has 1 aromatic heterocycles. The van der Waals surface area contributed by atoms with E-state index in [2.05, 4.69) is 24.3 Å². The van der Waals surface area contributed by atoms with E-state index in [1.54, 1.807) is 10.6 Å². The summed E-state index contributed by atoms with van der Waals surface area (Å²) in [7, 11) is 0. The van der Waals surface area contributed by atoms with Gasteiger partial charge in [0.25, 0.3) is 5.91 Å². The van der Waals surface area contributed by atoms with Crippen molar-refractivity contribution < 1.29 is 4.79 Å². The number of hydrogen-bond donors (Lipinski definition) is 0. The van der Waals surface area contributed by atoms with Crippen LogP contribution in [0.1, 0.15) is 10.5 Å². The molecule has 0 bridgehead atoms. The van der Waals surface area contributed by atoms with E-state index in [9.17, 15) is 4.79 Å². The maximum absolute atomic E-state index is 12.0. The van der Waals surface area contributed by atoms with Gasteiger partial charge in [0.1, 0.15) is 0 Å². The number of hydrogen-bond acceptors (Lipinski definition) is 1. The van der Waals surface area contributed by atoms with Crippen molar-refractivity contribution in [1.29, 1.82) is 0 Å². The largest absolute Gasteiger partial charge is 0.283 e. The average Bonchev–Trinajstić information content (AvgIpc) is 3.09. The van der Waals surface area contributed by atoms with Crippen molar-refractivity contribution in [1.82, 2.24) is 4.57 Å². The lowest BCUT2D eigenvalue weighted by Gasteiger charge is -2.06. The maximum atomic E-state index is 12.0. The topological polar surface area (TPSA) is 22.0 Å². The van der Waals surface area contributed by atoms with Crippen molar-refractivity contribution in [3.05, 3.63) is 78.6 Å². The van der Waals surface area contributed by atoms with Crippen LogP contribution in [0.5, 0.6) is 0 Å². The smallest absolute Gasteiger partial charge is 0.255 e. The van der Waals surface area contributed by atoms with Gasteiger partial charge >= 0.3 is 0 Å². The quantitative estimate of drug-likeness (QED) is 0.673. The predicted octanol–water partition coefficient (Wildman–Crippen LogP) is 4.49. The Bertz CT molecular complexity index is 842. The number of allylic oxidation sites excluding steroid dienone is 1. The number of benzene rings is 2. The van der Waals surface area contributed by atoms with Gasteiger partial charge in [-0.1, -0.05) is 60.7 Å². The minimum atomic E-state index is 0.0179. The van der Waals surface area contributed by atoms with E-state index in [-0.39, 0.29) is 5.91 Å². The summed E-state index contributed by atoms with van der Waals surface area (Å²) < 4.78 is 1.73. The molecule has 2 heteroatoms. The van der Waals surface area contributed by atoms with Gasteiger partial charge in [-0.15, -0.1) is 0 Å². The Labute approximate surface area is 123 Å². The van der Waals surface area contributed by atoms with E-state index in [0.29, 0.717) is 0 Å². The van der Waals surface area contributed by atoms with E-state index < -0.39 is 0 Å². The standard InChI is InChI=1S/C19H13NO/c21-18-12-11-17-19(15-9-5-2-6-10-15)16(13-20(17)18)14-7-3-1-4-8-14/h1-13H. The van der Waals surface area contributed by atoms with Crippen molar-refractivity contribution in [2.45, 2.75) is 0 Å². The Hall–Kier alpha value is -2.87. The molecule has 2 nitrogen and oxygen atoms in total. The molecule has 0 radical (unpaired) electrons. The van der Waals surface area contributed by atoms with Crippen LogP contribution in [0.4, 0.5) is 0 Å². The molecule has 4 rings (SSSR count). The van der Waals surface area contributed by atoms with Crippen molar-refractivity contribution >= 4 is 12.0 Å². The molecule has 0 atom stereocenters. The molecule has 0 amide bonds.